The number of rotatable bonds is 3. The van der Waals surface area contributed by atoms with E-state index in [-0.39, 0.29) is 0 Å². The molecule has 0 fully saturated rings. The lowest BCUT2D eigenvalue weighted by Gasteiger charge is -1.95. The molecule has 88 valence electrons. The van der Waals surface area contributed by atoms with Gasteiger partial charge in [0.15, 0.2) is 0 Å². The molecular weight excluding hydrogens is 224 g/mol. The zero-order valence-electron chi connectivity index (χ0n) is 9.74. The molecule has 0 spiro atoms. The molecule has 4 nitrogen and oxygen atoms in total. The Hall–Kier alpha value is -2.49. The highest BCUT2D eigenvalue weighted by atomic mass is 15.1. The lowest BCUT2D eigenvalue weighted by Crippen LogP contribution is -1.90. The van der Waals surface area contributed by atoms with Crippen LogP contribution in [0, 0.1) is 0 Å². The number of nitrogens with zero attached hydrogens (tertiary/aromatic N) is 3. The van der Waals surface area contributed by atoms with Crippen molar-refractivity contribution in [3.8, 4) is 11.3 Å². The summed E-state index contributed by atoms with van der Waals surface area (Å²) in [5, 5.41) is 7.32. The van der Waals surface area contributed by atoms with E-state index in [1.165, 1.54) is 0 Å². The van der Waals surface area contributed by atoms with Crippen LogP contribution >= 0.6 is 0 Å². The lowest BCUT2D eigenvalue weighted by atomic mass is 10.1. The first-order valence-electron chi connectivity index (χ1n) is 5.76. The maximum atomic E-state index is 4.30. The van der Waals surface area contributed by atoms with Crippen molar-refractivity contribution < 1.29 is 0 Å². The summed E-state index contributed by atoms with van der Waals surface area (Å²) in [5.41, 5.74) is 4.00. The summed E-state index contributed by atoms with van der Waals surface area (Å²) in [5.74, 6) is 0. The zero-order valence-corrected chi connectivity index (χ0v) is 9.74. The molecule has 0 radical (unpaired) electrons. The third kappa shape index (κ3) is 2.27. The van der Waals surface area contributed by atoms with Crippen LogP contribution in [0.25, 0.3) is 11.3 Å². The molecule has 0 amide bonds. The van der Waals surface area contributed by atoms with Gasteiger partial charge in [-0.25, -0.2) is 0 Å². The van der Waals surface area contributed by atoms with Crippen molar-refractivity contribution in [1.29, 1.82) is 0 Å². The molecule has 0 aliphatic heterocycles. The molecule has 0 aromatic carbocycles. The Morgan fingerprint density at radius 2 is 2.06 bits per heavy atom. The Morgan fingerprint density at radius 1 is 1.06 bits per heavy atom. The summed E-state index contributed by atoms with van der Waals surface area (Å²) >= 11 is 0. The summed E-state index contributed by atoms with van der Waals surface area (Å²) in [6, 6.07) is 11.8. The highest BCUT2D eigenvalue weighted by Crippen LogP contribution is 2.17. The number of hydrogen-bond acceptors (Lipinski definition) is 3. The highest BCUT2D eigenvalue weighted by Gasteiger charge is 2.04. The Bertz CT molecular complexity index is 617. The van der Waals surface area contributed by atoms with E-state index < -0.39 is 0 Å². The summed E-state index contributed by atoms with van der Waals surface area (Å²) in [7, 11) is 0. The first kappa shape index (κ1) is 10.7. The summed E-state index contributed by atoms with van der Waals surface area (Å²) in [6.07, 6.45) is 6.12. The second-order valence-corrected chi connectivity index (χ2v) is 4.02. The molecule has 0 saturated carbocycles. The Balaban J connectivity index is 1.82. The number of aromatic nitrogens is 4. The van der Waals surface area contributed by atoms with Gasteiger partial charge in [0.1, 0.15) is 0 Å². The quantitative estimate of drug-likeness (QED) is 0.760. The topological polar surface area (TPSA) is 54.5 Å². The molecule has 0 aliphatic rings. The van der Waals surface area contributed by atoms with Crippen molar-refractivity contribution in [2.45, 2.75) is 6.42 Å². The van der Waals surface area contributed by atoms with Gasteiger partial charge in [0, 0.05) is 42.0 Å². The summed E-state index contributed by atoms with van der Waals surface area (Å²) in [4.78, 5) is 8.38. The molecular formula is C14H12N4. The minimum Gasteiger partial charge on any atom is -0.282 e. The third-order valence-corrected chi connectivity index (χ3v) is 2.69. The maximum Gasteiger partial charge on any atom is 0.0939 e. The Morgan fingerprint density at radius 3 is 2.83 bits per heavy atom. The standard InChI is InChI=1S/C14H12N4/c1-2-7-16-12(5-1)8-13-9-14(18-17-13)11-4-3-6-15-10-11/h1-7,9-10H,8H2,(H,17,18). The SMILES string of the molecule is c1ccc(Cc2cc(-c3cccnc3)n[nH]2)nc1. The molecule has 0 bridgehead atoms. The van der Waals surface area contributed by atoms with Crippen LogP contribution in [0.5, 0.6) is 0 Å². The van der Waals surface area contributed by atoms with Gasteiger partial charge in [-0.05, 0) is 30.3 Å². The molecule has 3 rings (SSSR count). The second kappa shape index (κ2) is 4.79. The van der Waals surface area contributed by atoms with Crippen molar-refractivity contribution in [3.63, 3.8) is 0 Å². The van der Waals surface area contributed by atoms with Crippen LogP contribution in [0.1, 0.15) is 11.4 Å². The third-order valence-electron chi connectivity index (χ3n) is 2.69. The average Bonchev–Trinajstić information content (AvgIpc) is 2.89. The Labute approximate surface area is 105 Å². The maximum absolute atomic E-state index is 4.30. The highest BCUT2D eigenvalue weighted by molar-refractivity contribution is 5.57. The van der Waals surface area contributed by atoms with Crippen molar-refractivity contribution in [2.24, 2.45) is 0 Å². The van der Waals surface area contributed by atoms with Crippen LogP contribution in [0.2, 0.25) is 0 Å². The Kier molecular flexibility index (Phi) is 2.84. The fourth-order valence-corrected chi connectivity index (χ4v) is 1.81. The van der Waals surface area contributed by atoms with Gasteiger partial charge in [-0.3, -0.25) is 15.1 Å². The number of aromatic amines is 1. The number of H-pyrrole nitrogens is 1. The van der Waals surface area contributed by atoms with Crippen LogP contribution in [0.3, 0.4) is 0 Å². The second-order valence-electron chi connectivity index (χ2n) is 4.02. The van der Waals surface area contributed by atoms with Crippen LogP contribution in [0.15, 0.2) is 55.0 Å². The van der Waals surface area contributed by atoms with Crippen LogP contribution in [-0.2, 0) is 6.42 Å². The van der Waals surface area contributed by atoms with Crippen molar-refractivity contribution >= 4 is 0 Å². The van der Waals surface area contributed by atoms with E-state index in [4.69, 9.17) is 0 Å². The first-order chi connectivity index (χ1) is 8.92. The molecule has 0 atom stereocenters. The monoisotopic (exact) mass is 236 g/mol. The molecule has 3 aromatic rings. The molecule has 3 heterocycles. The van der Waals surface area contributed by atoms with Crippen LogP contribution < -0.4 is 0 Å². The van der Waals surface area contributed by atoms with Gasteiger partial charge in [-0.15, -0.1) is 0 Å². The van der Waals surface area contributed by atoms with E-state index in [0.717, 1.165) is 29.1 Å². The van der Waals surface area contributed by atoms with Gasteiger partial charge in [-0.1, -0.05) is 6.07 Å². The van der Waals surface area contributed by atoms with E-state index in [1.54, 1.807) is 18.6 Å². The van der Waals surface area contributed by atoms with E-state index in [0.29, 0.717) is 0 Å². The summed E-state index contributed by atoms with van der Waals surface area (Å²) < 4.78 is 0. The number of nitrogens with one attached hydrogen (secondary N) is 1. The average molecular weight is 236 g/mol. The van der Waals surface area contributed by atoms with Gasteiger partial charge >= 0.3 is 0 Å². The molecule has 3 aromatic heterocycles. The predicted molar refractivity (Wildman–Crippen MR) is 68.9 cm³/mol. The molecule has 0 unspecified atom stereocenters. The fraction of sp³-hybridized carbons (Fsp3) is 0.0714. The van der Waals surface area contributed by atoms with Crippen LogP contribution in [-0.4, -0.2) is 20.2 Å². The molecule has 4 heteroatoms. The van der Waals surface area contributed by atoms with Crippen molar-refractivity contribution in [3.05, 3.63) is 66.4 Å². The fourth-order valence-electron chi connectivity index (χ4n) is 1.81. The van der Waals surface area contributed by atoms with Gasteiger partial charge in [0.25, 0.3) is 0 Å². The summed E-state index contributed by atoms with van der Waals surface area (Å²) in [6.45, 7) is 0. The molecule has 18 heavy (non-hydrogen) atoms. The van der Waals surface area contributed by atoms with Gasteiger partial charge in [0.05, 0.1) is 5.69 Å². The van der Waals surface area contributed by atoms with Crippen molar-refractivity contribution in [2.75, 3.05) is 0 Å². The van der Waals surface area contributed by atoms with E-state index in [1.807, 2.05) is 36.4 Å². The predicted octanol–water partition coefficient (Wildman–Crippen LogP) is 2.46. The lowest BCUT2D eigenvalue weighted by molar-refractivity contribution is 0.968. The molecule has 0 saturated heterocycles. The van der Waals surface area contributed by atoms with Crippen molar-refractivity contribution in [1.82, 2.24) is 20.2 Å². The molecule has 0 aliphatic carbocycles. The first-order valence-corrected chi connectivity index (χ1v) is 5.76. The largest absolute Gasteiger partial charge is 0.282 e. The minimum absolute atomic E-state index is 0.758. The minimum atomic E-state index is 0.758. The number of hydrogen-bond donors (Lipinski definition) is 1. The van der Waals surface area contributed by atoms with E-state index in [2.05, 4.69) is 20.2 Å². The van der Waals surface area contributed by atoms with Gasteiger partial charge < -0.3 is 0 Å². The molecule has 1 N–H and O–H groups in total. The smallest absolute Gasteiger partial charge is 0.0939 e. The van der Waals surface area contributed by atoms with E-state index >= 15 is 0 Å². The number of pyridine rings is 2. The van der Waals surface area contributed by atoms with Gasteiger partial charge in [0.2, 0.25) is 0 Å². The normalized spacial score (nSPS) is 10.4. The van der Waals surface area contributed by atoms with E-state index in [9.17, 15) is 0 Å². The van der Waals surface area contributed by atoms with Crippen LogP contribution in [0.4, 0.5) is 0 Å². The van der Waals surface area contributed by atoms with Gasteiger partial charge in [-0.2, -0.15) is 5.10 Å². The zero-order chi connectivity index (χ0) is 12.2.